The summed E-state index contributed by atoms with van der Waals surface area (Å²) in [5.74, 6) is -0.641. The molecule has 1 heterocycles. The molecule has 18 heavy (non-hydrogen) atoms. The third kappa shape index (κ3) is 2.54. The van der Waals surface area contributed by atoms with E-state index in [9.17, 15) is 4.39 Å². The second-order valence-electron chi connectivity index (χ2n) is 3.64. The number of hydrogen-bond acceptors (Lipinski definition) is 3. The number of halogens is 3. The number of aromatic nitrogens is 2. The fourth-order valence-electron chi connectivity index (χ4n) is 1.29. The van der Waals surface area contributed by atoms with Crippen molar-refractivity contribution in [3.05, 3.63) is 45.6 Å². The van der Waals surface area contributed by atoms with Crippen LogP contribution in [0.1, 0.15) is 11.4 Å². The van der Waals surface area contributed by atoms with Gasteiger partial charge in [0.15, 0.2) is 16.7 Å². The van der Waals surface area contributed by atoms with Gasteiger partial charge in [-0.15, -0.1) is 0 Å². The van der Waals surface area contributed by atoms with Gasteiger partial charge in [-0.2, -0.15) is 0 Å². The van der Waals surface area contributed by atoms with E-state index in [1.54, 1.807) is 19.9 Å². The summed E-state index contributed by atoms with van der Waals surface area (Å²) in [6, 6.07) is 4.44. The lowest BCUT2D eigenvalue weighted by atomic mass is 10.3. The number of benzene rings is 1. The molecule has 0 spiro atoms. The fourth-order valence-corrected chi connectivity index (χ4v) is 1.66. The van der Waals surface area contributed by atoms with Crippen LogP contribution in [-0.2, 0) is 0 Å². The normalized spacial score (nSPS) is 10.5. The van der Waals surface area contributed by atoms with Crippen molar-refractivity contribution in [2.75, 3.05) is 0 Å². The van der Waals surface area contributed by atoms with Gasteiger partial charge in [-0.1, -0.05) is 29.3 Å². The van der Waals surface area contributed by atoms with Gasteiger partial charge in [0.1, 0.15) is 0 Å². The first-order valence-corrected chi connectivity index (χ1v) is 5.87. The van der Waals surface area contributed by atoms with Crippen molar-refractivity contribution < 1.29 is 9.13 Å². The molecule has 0 aliphatic rings. The maximum Gasteiger partial charge on any atom is 0.258 e. The summed E-state index contributed by atoms with van der Waals surface area (Å²) >= 11 is 11.5. The summed E-state index contributed by atoms with van der Waals surface area (Å²) in [4.78, 5) is 8.16. The molecule has 0 amide bonds. The lowest BCUT2D eigenvalue weighted by Gasteiger charge is -2.09. The van der Waals surface area contributed by atoms with Crippen LogP contribution in [0.3, 0.4) is 0 Å². The molecule has 0 aliphatic carbocycles. The highest BCUT2D eigenvalue weighted by Crippen LogP contribution is 2.31. The van der Waals surface area contributed by atoms with E-state index in [1.807, 2.05) is 0 Å². The highest BCUT2D eigenvalue weighted by molar-refractivity contribution is 6.31. The van der Waals surface area contributed by atoms with Crippen LogP contribution in [0.2, 0.25) is 10.2 Å². The molecule has 0 N–H and O–H groups in total. The van der Waals surface area contributed by atoms with Crippen LogP contribution in [0, 0.1) is 19.7 Å². The molecule has 1 aromatic carbocycles. The molecule has 0 radical (unpaired) electrons. The average Bonchev–Trinajstić information content (AvgIpc) is 2.32. The van der Waals surface area contributed by atoms with Gasteiger partial charge in [0.25, 0.3) is 5.88 Å². The molecule has 2 aromatic rings. The summed E-state index contributed by atoms with van der Waals surface area (Å²) in [6.07, 6.45) is 0. The Morgan fingerprint density at radius 3 is 2.50 bits per heavy atom. The second kappa shape index (κ2) is 5.08. The van der Waals surface area contributed by atoms with E-state index >= 15 is 0 Å². The minimum atomic E-state index is -0.657. The molecular formula is C12H9Cl2FN2O. The molecule has 2 rings (SSSR count). The Hall–Kier alpha value is -1.39. The first kappa shape index (κ1) is 13.1. The maximum atomic E-state index is 13.7. The zero-order valence-corrected chi connectivity index (χ0v) is 11.2. The largest absolute Gasteiger partial charge is 0.433 e. The summed E-state index contributed by atoms with van der Waals surface area (Å²) in [5, 5.41) is 0.0536. The van der Waals surface area contributed by atoms with E-state index in [0.29, 0.717) is 11.4 Å². The summed E-state index contributed by atoms with van der Waals surface area (Å²) in [6.45, 7) is 3.54. The molecule has 1 aromatic heterocycles. The Labute approximate surface area is 114 Å². The summed E-state index contributed by atoms with van der Waals surface area (Å²) in [7, 11) is 0. The van der Waals surface area contributed by atoms with Crippen LogP contribution < -0.4 is 4.74 Å². The van der Waals surface area contributed by atoms with Crippen molar-refractivity contribution in [1.82, 2.24) is 9.97 Å². The number of rotatable bonds is 2. The Morgan fingerprint density at radius 2 is 1.78 bits per heavy atom. The average molecular weight is 287 g/mol. The van der Waals surface area contributed by atoms with Gasteiger partial charge in [0.2, 0.25) is 0 Å². The summed E-state index contributed by atoms with van der Waals surface area (Å²) < 4.78 is 18.9. The molecule has 94 valence electrons. The van der Waals surface area contributed by atoms with Crippen molar-refractivity contribution in [2.45, 2.75) is 13.8 Å². The third-order valence-corrected chi connectivity index (χ3v) is 2.90. The van der Waals surface area contributed by atoms with Crippen molar-refractivity contribution in [1.29, 1.82) is 0 Å². The highest BCUT2D eigenvalue weighted by atomic mass is 35.5. The second-order valence-corrected chi connectivity index (χ2v) is 4.41. The lowest BCUT2D eigenvalue weighted by molar-refractivity contribution is 0.424. The van der Waals surface area contributed by atoms with Gasteiger partial charge < -0.3 is 4.74 Å². The fraction of sp³-hybridized carbons (Fsp3) is 0.167. The Balaban J connectivity index is 2.40. The number of aryl methyl sites for hydroxylation is 2. The number of ether oxygens (including phenoxy) is 1. The number of nitrogens with zero attached hydrogens (tertiary/aromatic N) is 2. The third-order valence-electron chi connectivity index (χ3n) is 2.36. The molecule has 0 saturated heterocycles. The highest BCUT2D eigenvalue weighted by Gasteiger charge is 2.13. The van der Waals surface area contributed by atoms with E-state index < -0.39 is 5.82 Å². The molecule has 0 aliphatic heterocycles. The molecule has 0 fully saturated rings. The van der Waals surface area contributed by atoms with Gasteiger partial charge in [-0.05, 0) is 26.0 Å². The van der Waals surface area contributed by atoms with Crippen LogP contribution in [0.5, 0.6) is 11.6 Å². The van der Waals surface area contributed by atoms with Crippen molar-refractivity contribution in [3.8, 4) is 11.6 Å². The molecule has 3 nitrogen and oxygen atoms in total. The summed E-state index contributed by atoms with van der Waals surface area (Å²) in [5.41, 5.74) is 1.36. The molecule has 0 atom stereocenters. The SMILES string of the molecule is Cc1nc(Cl)c(Oc2cccc(Cl)c2F)nc1C. The van der Waals surface area contributed by atoms with Crippen molar-refractivity contribution in [2.24, 2.45) is 0 Å². The molecule has 0 bridgehead atoms. The van der Waals surface area contributed by atoms with Crippen LogP contribution in [0.4, 0.5) is 4.39 Å². The Kier molecular flexibility index (Phi) is 3.68. The lowest BCUT2D eigenvalue weighted by Crippen LogP contribution is -1.98. The predicted molar refractivity (Wildman–Crippen MR) is 68.0 cm³/mol. The smallest absolute Gasteiger partial charge is 0.258 e. The molecule has 0 unspecified atom stereocenters. The van der Waals surface area contributed by atoms with E-state index in [-0.39, 0.29) is 21.8 Å². The monoisotopic (exact) mass is 286 g/mol. The Morgan fingerprint density at radius 1 is 1.11 bits per heavy atom. The quantitative estimate of drug-likeness (QED) is 0.824. The van der Waals surface area contributed by atoms with E-state index in [4.69, 9.17) is 27.9 Å². The van der Waals surface area contributed by atoms with E-state index in [2.05, 4.69) is 9.97 Å². The van der Waals surface area contributed by atoms with Crippen LogP contribution in [0.15, 0.2) is 18.2 Å². The first-order valence-electron chi connectivity index (χ1n) is 5.11. The van der Waals surface area contributed by atoms with Gasteiger partial charge in [0, 0.05) is 0 Å². The van der Waals surface area contributed by atoms with Crippen LogP contribution >= 0.6 is 23.2 Å². The molecule has 6 heteroatoms. The van der Waals surface area contributed by atoms with Gasteiger partial charge in [-0.3, -0.25) is 0 Å². The maximum absolute atomic E-state index is 13.7. The molecule has 0 saturated carbocycles. The Bertz CT molecular complexity index is 605. The van der Waals surface area contributed by atoms with Crippen LogP contribution in [0.25, 0.3) is 0 Å². The number of hydrogen-bond donors (Lipinski definition) is 0. The van der Waals surface area contributed by atoms with Crippen molar-refractivity contribution in [3.63, 3.8) is 0 Å². The van der Waals surface area contributed by atoms with Gasteiger partial charge >= 0.3 is 0 Å². The van der Waals surface area contributed by atoms with Crippen molar-refractivity contribution >= 4 is 23.2 Å². The standard InChI is InChI=1S/C12H9Cl2FN2O/c1-6-7(2)17-12(11(14)16-6)18-9-5-3-4-8(13)10(9)15/h3-5H,1-2H3. The molecular weight excluding hydrogens is 278 g/mol. The zero-order chi connectivity index (χ0) is 13.3. The van der Waals surface area contributed by atoms with Gasteiger partial charge in [0.05, 0.1) is 16.4 Å². The van der Waals surface area contributed by atoms with Crippen LogP contribution in [-0.4, -0.2) is 9.97 Å². The minimum absolute atomic E-state index is 0.0274. The van der Waals surface area contributed by atoms with E-state index in [0.717, 1.165) is 0 Å². The first-order chi connectivity index (χ1) is 8.49. The zero-order valence-electron chi connectivity index (χ0n) is 9.67. The topological polar surface area (TPSA) is 35.0 Å². The van der Waals surface area contributed by atoms with E-state index in [1.165, 1.54) is 12.1 Å². The minimum Gasteiger partial charge on any atom is -0.433 e. The predicted octanol–water partition coefficient (Wildman–Crippen LogP) is 4.33. The van der Waals surface area contributed by atoms with Gasteiger partial charge in [-0.25, -0.2) is 14.4 Å².